The molecule has 1 aliphatic rings. The maximum atomic E-state index is 11.3. The number of aromatic nitrogens is 3. The Hall–Kier alpha value is -3.47. The Bertz CT molecular complexity index is 1190. The summed E-state index contributed by atoms with van der Waals surface area (Å²) in [6.45, 7) is 2.08. The van der Waals surface area contributed by atoms with Crippen LogP contribution in [0.4, 0.5) is 11.6 Å². The molecule has 2 aromatic heterocycles. The molecule has 0 radical (unpaired) electrons. The summed E-state index contributed by atoms with van der Waals surface area (Å²) >= 11 is 0. The van der Waals surface area contributed by atoms with Crippen molar-refractivity contribution in [1.29, 1.82) is 0 Å². The molecule has 0 saturated heterocycles. The van der Waals surface area contributed by atoms with Crippen LogP contribution in [0.2, 0.25) is 0 Å². The summed E-state index contributed by atoms with van der Waals surface area (Å²) in [6, 6.07) is 14.2. The number of carbonyl (C=O) groups excluding carboxylic acids is 1. The van der Waals surface area contributed by atoms with Crippen LogP contribution in [0.15, 0.2) is 54.9 Å². The van der Waals surface area contributed by atoms with Gasteiger partial charge in [-0.2, -0.15) is 0 Å². The molecule has 5 rings (SSSR count). The van der Waals surface area contributed by atoms with Gasteiger partial charge in [-0.25, -0.2) is 9.97 Å². The first-order chi connectivity index (χ1) is 13.7. The van der Waals surface area contributed by atoms with Crippen molar-refractivity contribution in [3.05, 3.63) is 71.5 Å². The SMILES string of the molecule is Cc1ccc2c(-c3ccnc(Nc4cc(C=O)cc(C5CC5)c4)n3)c[nH]c2c1. The van der Waals surface area contributed by atoms with Crippen LogP contribution in [0.25, 0.3) is 22.2 Å². The van der Waals surface area contributed by atoms with Crippen LogP contribution in [0.1, 0.15) is 40.2 Å². The Morgan fingerprint density at radius 2 is 2.04 bits per heavy atom. The average Bonchev–Trinajstić information content (AvgIpc) is 3.48. The monoisotopic (exact) mass is 368 g/mol. The van der Waals surface area contributed by atoms with Gasteiger partial charge in [-0.15, -0.1) is 0 Å². The van der Waals surface area contributed by atoms with Gasteiger partial charge < -0.3 is 10.3 Å². The van der Waals surface area contributed by atoms with Gasteiger partial charge in [0.1, 0.15) is 6.29 Å². The van der Waals surface area contributed by atoms with Gasteiger partial charge in [0.15, 0.2) is 0 Å². The zero-order valence-electron chi connectivity index (χ0n) is 15.6. The first-order valence-electron chi connectivity index (χ1n) is 9.48. The minimum Gasteiger partial charge on any atom is -0.360 e. The van der Waals surface area contributed by atoms with E-state index in [1.807, 2.05) is 24.4 Å². The summed E-state index contributed by atoms with van der Waals surface area (Å²) in [5.74, 6) is 1.09. The molecule has 0 bridgehead atoms. The highest BCUT2D eigenvalue weighted by Gasteiger charge is 2.24. The highest BCUT2D eigenvalue weighted by molar-refractivity contribution is 5.95. The maximum Gasteiger partial charge on any atom is 0.227 e. The summed E-state index contributed by atoms with van der Waals surface area (Å²) < 4.78 is 0. The van der Waals surface area contributed by atoms with Gasteiger partial charge in [-0.1, -0.05) is 12.1 Å². The fourth-order valence-electron chi connectivity index (χ4n) is 3.62. The number of anilines is 2. The van der Waals surface area contributed by atoms with E-state index in [2.05, 4.69) is 46.5 Å². The lowest BCUT2D eigenvalue weighted by Crippen LogP contribution is -1.99. The highest BCUT2D eigenvalue weighted by atomic mass is 16.1. The van der Waals surface area contributed by atoms with Gasteiger partial charge in [-0.05, 0) is 67.1 Å². The Morgan fingerprint density at radius 1 is 1.14 bits per heavy atom. The topological polar surface area (TPSA) is 70.7 Å². The number of hydrogen-bond acceptors (Lipinski definition) is 4. The second-order valence-corrected chi connectivity index (χ2v) is 7.42. The van der Waals surface area contributed by atoms with Crippen molar-refractivity contribution in [3.63, 3.8) is 0 Å². The minimum atomic E-state index is 0.517. The van der Waals surface area contributed by atoms with Crippen LogP contribution in [-0.2, 0) is 0 Å². The van der Waals surface area contributed by atoms with Crippen molar-refractivity contribution in [1.82, 2.24) is 15.0 Å². The largest absolute Gasteiger partial charge is 0.360 e. The molecule has 0 atom stereocenters. The number of aldehydes is 1. The van der Waals surface area contributed by atoms with Crippen LogP contribution in [0.5, 0.6) is 0 Å². The van der Waals surface area contributed by atoms with Crippen molar-refractivity contribution in [3.8, 4) is 11.3 Å². The Morgan fingerprint density at radius 3 is 2.86 bits per heavy atom. The van der Waals surface area contributed by atoms with Crippen molar-refractivity contribution < 1.29 is 4.79 Å². The zero-order valence-corrected chi connectivity index (χ0v) is 15.6. The summed E-state index contributed by atoms with van der Waals surface area (Å²) in [4.78, 5) is 23.7. The lowest BCUT2D eigenvalue weighted by molar-refractivity contribution is 0.112. The number of hydrogen-bond donors (Lipinski definition) is 2. The summed E-state index contributed by atoms with van der Waals surface area (Å²) in [5, 5.41) is 4.40. The quantitative estimate of drug-likeness (QED) is 0.465. The number of benzene rings is 2. The van der Waals surface area contributed by atoms with Crippen LogP contribution >= 0.6 is 0 Å². The standard InChI is InChI=1S/C23H20N4O/c1-14-2-5-19-20(12-25-22(19)8-14)21-6-7-24-23(27-21)26-18-10-15(13-28)9-17(11-18)16-3-4-16/h2,5-13,16,25H,3-4H2,1H3,(H,24,26,27). The molecule has 0 amide bonds. The fourth-order valence-corrected chi connectivity index (χ4v) is 3.62. The van der Waals surface area contributed by atoms with Gasteiger partial charge >= 0.3 is 0 Å². The molecule has 5 heteroatoms. The molecule has 1 aliphatic carbocycles. The zero-order chi connectivity index (χ0) is 19.1. The van der Waals surface area contributed by atoms with E-state index < -0.39 is 0 Å². The van der Waals surface area contributed by atoms with Gasteiger partial charge in [-0.3, -0.25) is 4.79 Å². The number of aromatic amines is 1. The number of aryl methyl sites for hydroxylation is 1. The van der Waals surface area contributed by atoms with Crippen LogP contribution in [0, 0.1) is 6.92 Å². The first-order valence-corrected chi connectivity index (χ1v) is 9.48. The van der Waals surface area contributed by atoms with Crippen molar-refractivity contribution in [2.75, 3.05) is 5.32 Å². The van der Waals surface area contributed by atoms with E-state index in [0.29, 0.717) is 17.4 Å². The maximum absolute atomic E-state index is 11.3. The Balaban J connectivity index is 1.49. The van der Waals surface area contributed by atoms with E-state index in [1.54, 1.807) is 6.20 Å². The second kappa shape index (κ2) is 6.60. The van der Waals surface area contributed by atoms with E-state index >= 15 is 0 Å². The number of H-pyrrole nitrogens is 1. The molecule has 0 unspecified atom stereocenters. The molecule has 2 heterocycles. The molecule has 138 valence electrons. The van der Waals surface area contributed by atoms with E-state index in [4.69, 9.17) is 4.98 Å². The molecule has 1 fully saturated rings. The highest BCUT2D eigenvalue weighted by Crippen LogP contribution is 2.41. The third kappa shape index (κ3) is 3.16. The summed E-state index contributed by atoms with van der Waals surface area (Å²) in [5.41, 5.74) is 6.93. The lowest BCUT2D eigenvalue weighted by atomic mass is 10.1. The van der Waals surface area contributed by atoms with E-state index in [1.165, 1.54) is 24.0 Å². The van der Waals surface area contributed by atoms with Crippen molar-refractivity contribution in [2.24, 2.45) is 0 Å². The number of fused-ring (bicyclic) bond motifs is 1. The summed E-state index contributed by atoms with van der Waals surface area (Å²) in [7, 11) is 0. The average molecular weight is 368 g/mol. The third-order valence-electron chi connectivity index (χ3n) is 5.19. The predicted molar refractivity (Wildman–Crippen MR) is 111 cm³/mol. The number of carbonyl (C=O) groups is 1. The van der Waals surface area contributed by atoms with Gasteiger partial charge in [0.05, 0.1) is 5.69 Å². The van der Waals surface area contributed by atoms with Gasteiger partial charge in [0.25, 0.3) is 0 Å². The first kappa shape index (κ1) is 16.7. The number of nitrogens with zero attached hydrogens (tertiary/aromatic N) is 2. The number of rotatable bonds is 5. The molecule has 2 aromatic carbocycles. The Labute approximate surface area is 162 Å². The molecule has 5 nitrogen and oxygen atoms in total. The number of nitrogens with one attached hydrogen (secondary N) is 2. The molecule has 0 spiro atoms. The van der Waals surface area contributed by atoms with E-state index in [0.717, 1.165) is 34.1 Å². The molecule has 4 aromatic rings. The molecule has 2 N–H and O–H groups in total. The van der Waals surface area contributed by atoms with Crippen LogP contribution in [-0.4, -0.2) is 21.2 Å². The summed E-state index contributed by atoms with van der Waals surface area (Å²) in [6.07, 6.45) is 7.00. The van der Waals surface area contributed by atoms with Gasteiger partial charge in [0.2, 0.25) is 5.95 Å². The fraction of sp³-hybridized carbons (Fsp3) is 0.174. The van der Waals surface area contributed by atoms with Crippen LogP contribution < -0.4 is 5.32 Å². The normalized spacial score (nSPS) is 13.6. The lowest BCUT2D eigenvalue weighted by Gasteiger charge is -2.09. The molecule has 28 heavy (non-hydrogen) atoms. The second-order valence-electron chi connectivity index (χ2n) is 7.42. The third-order valence-corrected chi connectivity index (χ3v) is 5.19. The van der Waals surface area contributed by atoms with E-state index in [-0.39, 0.29) is 0 Å². The smallest absolute Gasteiger partial charge is 0.227 e. The molecular weight excluding hydrogens is 348 g/mol. The minimum absolute atomic E-state index is 0.517. The van der Waals surface area contributed by atoms with E-state index in [9.17, 15) is 4.79 Å². The predicted octanol–water partition coefficient (Wildman–Crippen LogP) is 5.37. The molecule has 0 aliphatic heterocycles. The molecular formula is C23H20N4O. The Kier molecular flexibility index (Phi) is 3.93. The molecule has 1 saturated carbocycles. The van der Waals surface area contributed by atoms with Crippen molar-refractivity contribution in [2.45, 2.75) is 25.7 Å². The van der Waals surface area contributed by atoms with Crippen LogP contribution in [0.3, 0.4) is 0 Å². The van der Waals surface area contributed by atoms with Gasteiger partial charge in [0, 0.05) is 40.1 Å². The van der Waals surface area contributed by atoms with Crippen molar-refractivity contribution >= 4 is 28.8 Å².